The molecule has 0 aromatic carbocycles. The third kappa shape index (κ3) is 15.5. The molecular formula is C32H55N7O13. The first kappa shape index (κ1) is 45.6. The Labute approximate surface area is 301 Å². The zero-order chi connectivity index (χ0) is 39.9. The number of hydrogen-bond donors (Lipinski definition) is 12. The van der Waals surface area contributed by atoms with E-state index in [0.29, 0.717) is 19.4 Å². The SMILES string of the molecule is CC(C)C[C@H](NC(=O)[C@H](CC(C)C)NC(=O)[C@@H](NC(=O)[C@H](CO)NC(=O)[C@@H](NC(=O)[C@H](CC(=O)O)NC(=O)[C@@H]1CCCN1)[C@@H](C)O)[C@@H](C)O)C(=O)O. The van der Waals surface area contributed by atoms with E-state index in [1.807, 2.05) is 0 Å². The predicted molar refractivity (Wildman–Crippen MR) is 182 cm³/mol. The summed E-state index contributed by atoms with van der Waals surface area (Å²) in [5.74, 6) is -9.00. The Hall–Kier alpha value is -4.40. The average Bonchev–Trinajstić information content (AvgIpc) is 3.58. The summed E-state index contributed by atoms with van der Waals surface area (Å²) >= 11 is 0. The maximum atomic E-state index is 13.3. The molecule has 1 heterocycles. The maximum absolute atomic E-state index is 13.3. The summed E-state index contributed by atoms with van der Waals surface area (Å²) in [5, 5.41) is 65.9. The van der Waals surface area contributed by atoms with Gasteiger partial charge >= 0.3 is 11.9 Å². The van der Waals surface area contributed by atoms with Crippen LogP contribution in [0, 0.1) is 11.8 Å². The van der Waals surface area contributed by atoms with Gasteiger partial charge in [-0.25, -0.2) is 4.79 Å². The van der Waals surface area contributed by atoms with Crippen LogP contribution in [0.2, 0.25) is 0 Å². The number of amides is 6. The zero-order valence-corrected chi connectivity index (χ0v) is 30.3. The number of rotatable bonds is 22. The van der Waals surface area contributed by atoms with Gasteiger partial charge in [-0.05, 0) is 57.9 Å². The number of carboxylic acids is 2. The minimum Gasteiger partial charge on any atom is -0.481 e. The summed E-state index contributed by atoms with van der Waals surface area (Å²) in [6.07, 6.45) is -2.77. The van der Waals surface area contributed by atoms with Crippen molar-refractivity contribution in [2.75, 3.05) is 13.2 Å². The molecule has 1 aliphatic heterocycles. The maximum Gasteiger partial charge on any atom is 0.326 e. The van der Waals surface area contributed by atoms with Crippen molar-refractivity contribution in [3.8, 4) is 0 Å². The van der Waals surface area contributed by atoms with E-state index in [1.54, 1.807) is 27.7 Å². The Morgan fingerprint density at radius 3 is 1.46 bits per heavy atom. The molecule has 296 valence electrons. The fraction of sp³-hybridized carbons (Fsp3) is 0.750. The number of hydrogen-bond acceptors (Lipinski definition) is 12. The number of carboxylic acid groups (broad SMARTS) is 2. The van der Waals surface area contributed by atoms with Gasteiger partial charge in [0.1, 0.15) is 36.3 Å². The first-order chi connectivity index (χ1) is 24.2. The fourth-order valence-electron chi connectivity index (χ4n) is 5.27. The summed E-state index contributed by atoms with van der Waals surface area (Å²) in [6.45, 7) is 8.75. The van der Waals surface area contributed by atoms with Gasteiger partial charge in [-0.15, -0.1) is 0 Å². The van der Waals surface area contributed by atoms with Crippen LogP contribution in [0.5, 0.6) is 0 Å². The molecule has 0 unspecified atom stereocenters. The van der Waals surface area contributed by atoms with Crippen LogP contribution in [0.3, 0.4) is 0 Å². The summed E-state index contributed by atoms with van der Waals surface area (Å²) in [6, 6.07) is -10.2. The lowest BCUT2D eigenvalue weighted by Crippen LogP contribution is -2.63. The van der Waals surface area contributed by atoms with Crippen LogP contribution in [0.4, 0.5) is 0 Å². The van der Waals surface area contributed by atoms with Gasteiger partial charge in [0.2, 0.25) is 35.4 Å². The molecule has 1 rings (SSSR count). The van der Waals surface area contributed by atoms with E-state index in [4.69, 9.17) is 0 Å². The second-order valence-electron chi connectivity index (χ2n) is 13.7. The molecule has 1 saturated heterocycles. The normalized spacial score (nSPS) is 18.8. The van der Waals surface area contributed by atoms with Crippen molar-refractivity contribution in [1.29, 1.82) is 0 Å². The van der Waals surface area contributed by atoms with Gasteiger partial charge < -0.3 is 62.8 Å². The first-order valence-electron chi connectivity index (χ1n) is 17.1. The van der Waals surface area contributed by atoms with Gasteiger partial charge in [0.15, 0.2) is 0 Å². The Kier molecular flexibility index (Phi) is 19.2. The number of carbonyl (C=O) groups is 8. The van der Waals surface area contributed by atoms with Crippen molar-refractivity contribution >= 4 is 47.4 Å². The van der Waals surface area contributed by atoms with Gasteiger partial charge in [-0.1, -0.05) is 27.7 Å². The monoisotopic (exact) mass is 745 g/mol. The van der Waals surface area contributed by atoms with Crippen LogP contribution in [0.15, 0.2) is 0 Å². The van der Waals surface area contributed by atoms with E-state index in [2.05, 4.69) is 37.2 Å². The fourth-order valence-corrected chi connectivity index (χ4v) is 5.27. The molecule has 1 fully saturated rings. The molecule has 0 spiro atoms. The number of aliphatic carboxylic acids is 2. The van der Waals surface area contributed by atoms with Crippen molar-refractivity contribution in [1.82, 2.24) is 37.2 Å². The summed E-state index contributed by atoms with van der Waals surface area (Å²) in [4.78, 5) is 101. The van der Waals surface area contributed by atoms with Crippen LogP contribution in [0.1, 0.15) is 73.6 Å². The standard InChI is InChI=1S/C32H55N7O13/c1-14(2)10-19(27(46)36-21(32(51)52)11-15(3)4)35-30(49)24(16(5)41)39-29(48)22(13-40)37-31(50)25(17(6)42)38-28(47)20(12-23(43)44)34-26(45)18-8-7-9-33-18/h14-22,24-25,33,40-42H,7-13H2,1-6H3,(H,34,45)(H,35,49)(H,36,46)(H,37,50)(H,38,47)(H,39,48)(H,43,44)(H,51,52)/t16-,17-,18+,19+,20+,21+,22+,24+,25+/m1/s1. The van der Waals surface area contributed by atoms with Crippen LogP contribution in [-0.4, -0.2) is 141 Å². The molecule has 0 saturated carbocycles. The second kappa shape index (κ2) is 21.8. The van der Waals surface area contributed by atoms with E-state index in [-0.39, 0.29) is 24.7 Å². The topological polar surface area (TPSA) is 322 Å². The second-order valence-corrected chi connectivity index (χ2v) is 13.7. The molecule has 52 heavy (non-hydrogen) atoms. The van der Waals surface area contributed by atoms with Gasteiger partial charge in [-0.3, -0.25) is 33.6 Å². The molecule has 1 aliphatic rings. The molecule has 0 bridgehead atoms. The third-order valence-corrected chi connectivity index (χ3v) is 7.99. The molecular weight excluding hydrogens is 690 g/mol. The van der Waals surface area contributed by atoms with E-state index >= 15 is 0 Å². The van der Waals surface area contributed by atoms with Crippen LogP contribution in [0.25, 0.3) is 0 Å². The summed E-state index contributed by atoms with van der Waals surface area (Å²) in [5.41, 5.74) is 0. The van der Waals surface area contributed by atoms with E-state index in [1.165, 1.54) is 0 Å². The smallest absolute Gasteiger partial charge is 0.326 e. The number of aliphatic hydroxyl groups is 3. The lowest BCUT2D eigenvalue weighted by atomic mass is 10.00. The van der Waals surface area contributed by atoms with Gasteiger partial charge in [0, 0.05) is 0 Å². The lowest BCUT2D eigenvalue weighted by molar-refractivity contribution is -0.143. The Bertz CT molecular complexity index is 1270. The molecule has 9 atom stereocenters. The van der Waals surface area contributed by atoms with Crippen molar-refractivity contribution in [2.45, 2.75) is 128 Å². The zero-order valence-electron chi connectivity index (χ0n) is 30.3. The summed E-state index contributed by atoms with van der Waals surface area (Å²) < 4.78 is 0. The molecule has 12 N–H and O–H groups in total. The molecule has 0 radical (unpaired) electrons. The van der Waals surface area contributed by atoms with E-state index in [0.717, 1.165) is 13.8 Å². The number of aliphatic hydroxyl groups excluding tert-OH is 3. The highest BCUT2D eigenvalue weighted by Gasteiger charge is 2.37. The Balaban J connectivity index is 3.08. The molecule has 0 aromatic heterocycles. The Morgan fingerprint density at radius 1 is 0.615 bits per heavy atom. The van der Waals surface area contributed by atoms with Crippen molar-refractivity contribution in [3.05, 3.63) is 0 Å². The van der Waals surface area contributed by atoms with Crippen molar-refractivity contribution < 1.29 is 63.9 Å². The largest absolute Gasteiger partial charge is 0.481 e. The van der Waals surface area contributed by atoms with Crippen molar-refractivity contribution in [2.24, 2.45) is 11.8 Å². The molecule has 0 aliphatic carbocycles. The lowest BCUT2D eigenvalue weighted by Gasteiger charge is -2.28. The molecule has 6 amide bonds. The predicted octanol–water partition coefficient (Wildman–Crippen LogP) is -3.95. The van der Waals surface area contributed by atoms with Crippen LogP contribution < -0.4 is 37.2 Å². The first-order valence-corrected chi connectivity index (χ1v) is 17.1. The highest BCUT2D eigenvalue weighted by molar-refractivity contribution is 5.98. The highest BCUT2D eigenvalue weighted by atomic mass is 16.4. The summed E-state index contributed by atoms with van der Waals surface area (Å²) in [7, 11) is 0. The van der Waals surface area contributed by atoms with Gasteiger partial charge in [0.05, 0.1) is 31.3 Å². The minimum absolute atomic E-state index is 0.0579. The molecule has 20 heteroatoms. The highest BCUT2D eigenvalue weighted by Crippen LogP contribution is 2.10. The quantitative estimate of drug-likeness (QED) is 0.0504. The molecule has 20 nitrogen and oxygen atoms in total. The van der Waals surface area contributed by atoms with Crippen molar-refractivity contribution in [3.63, 3.8) is 0 Å². The Morgan fingerprint density at radius 2 is 1.06 bits per heavy atom. The van der Waals surface area contributed by atoms with Gasteiger partial charge in [-0.2, -0.15) is 0 Å². The van der Waals surface area contributed by atoms with E-state index in [9.17, 15) is 63.9 Å². The molecule has 0 aromatic rings. The number of carbonyl (C=O) groups excluding carboxylic acids is 6. The third-order valence-electron chi connectivity index (χ3n) is 7.99. The van der Waals surface area contributed by atoms with Gasteiger partial charge in [0.25, 0.3) is 0 Å². The number of nitrogens with one attached hydrogen (secondary N) is 7. The van der Waals surface area contributed by atoms with E-state index < -0.39 is 115 Å². The van der Waals surface area contributed by atoms with Crippen LogP contribution in [-0.2, 0) is 38.4 Å². The minimum atomic E-state index is -1.82. The average molecular weight is 746 g/mol. The van der Waals surface area contributed by atoms with Crippen LogP contribution >= 0.6 is 0 Å².